The molecule has 9 aromatic carbocycles. The van der Waals surface area contributed by atoms with Gasteiger partial charge in [0.1, 0.15) is 92.0 Å². The van der Waals surface area contributed by atoms with Crippen LogP contribution in [0.5, 0.6) is 0 Å². The normalized spacial score (nSPS) is 25.9. The zero-order valence-corrected chi connectivity index (χ0v) is 70.2. The number of nitrogens with zero attached hydrogens (tertiary/aromatic N) is 3. The van der Waals surface area contributed by atoms with E-state index in [2.05, 4.69) is 10.0 Å². The topological polar surface area (TPSA) is 325 Å². The van der Waals surface area contributed by atoms with Crippen LogP contribution in [0.3, 0.4) is 0 Å². The Balaban J connectivity index is 0.994. The fraction of sp³-hybridized carbons (Fsp3) is 0.396. The number of rotatable bonds is 43. The highest BCUT2D eigenvalue weighted by atomic mass is 19.4. The van der Waals surface area contributed by atoms with E-state index in [4.69, 9.17) is 90.0 Å². The Morgan fingerprint density at radius 2 is 0.701 bits per heavy atom. The third kappa shape index (κ3) is 27.7. The zero-order valence-electron chi connectivity index (χ0n) is 70.2. The predicted octanol–water partition coefficient (Wildman–Crippen LogP) is 13.8. The van der Waals surface area contributed by atoms with Crippen LogP contribution in [0.4, 0.5) is 18.9 Å². The van der Waals surface area contributed by atoms with E-state index < -0.39 is 166 Å². The van der Waals surface area contributed by atoms with Crippen LogP contribution in [0.2, 0.25) is 0 Å². The lowest BCUT2D eigenvalue weighted by Crippen LogP contribution is -2.69. The molecule has 2 N–H and O–H groups in total. The van der Waals surface area contributed by atoms with Crippen LogP contribution < -0.4 is 5.32 Å². The smallest absolute Gasteiger partial charge is 0.463 e. The molecule has 1 amide bonds. The number of alkyl halides is 3. The fourth-order valence-electron chi connectivity index (χ4n) is 15.2. The summed E-state index contributed by atoms with van der Waals surface area (Å²) in [5.74, 6) is -4.75. The first-order chi connectivity index (χ1) is 61.9. The van der Waals surface area contributed by atoms with Gasteiger partial charge in [0.2, 0.25) is 0 Å². The number of carbonyl (C=O) groups excluding carboxylic acids is 4. The number of benzene rings is 9. The quantitative estimate of drug-likeness (QED) is 0.0118. The number of hydrogen-bond donors (Lipinski definition) is 2. The first-order valence-electron chi connectivity index (χ1n) is 41.9. The third-order valence-corrected chi connectivity index (χ3v) is 21.3. The molecular weight excluding hydrogens is 1650 g/mol. The lowest BCUT2D eigenvalue weighted by Gasteiger charge is -2.52. The second kappa shape index (κ2) is 47.9. The number of aliphatic hydroxyl groups excluding tert-OH is 1. The molecule has 0 unspecified atom stereocenters. The van der Waals surface area contributed by atoms with Crippen LogP contribution in [0.25, 0.3) is 10.4 Å². The first-order valence-corrected chi connectivity index (χ1v) is 41.9. The molecule has 0 bridgehead atoms. The number of ether oxygens (including phenoxy) is 19. The molecule has 4 heterocycles. The lowest BCUT2D eigenvalue weighted by atomic mass is 9.94. The monoisotopic (exact) mass is 1750 g/mol. The lowest BCUT2D eigenvalue weighted by molar-refractivity contribution is -0.407. The molecule has 0 radical (unpaired) electrons. The minimum Gasteiger partial charge on any atom is -0.463 e. The van der Waals surface area contributed by atoms with E-state index in [0.717, 1.165) is 54.2 Å². The number of hydrogen-bond acceptors (Lipinski definition) is 25. The molecule has 9 aromatic rings. The molecule has 0 spiro atoms. The van der Waals surface area contributed by atoms with Crippen molar-refractivity contribution in [3.8, 4) is 0 Å². The summed E-state index contributed by atoms with van der Waals surface area (Å²) in [6.45, 7) is 0.930. The van der Waals surface area contributed by atoms with Crippen LogP contribution >= 0.6 is 0 Å². The van der Waals surface area contributed by atoms with Gasteiger partial charge in [-0.3, -0.25) is 19.2 Å². The molecule has 4 aliphatic heterocycles. The van der Waals surface area contributed by atoms with E-state index in [-0.39, 0.29) is 84.8 Å². The summed E-state index contributed by atoms with van der Waals surface area (Å²) in [5, 5.41) is 18.5. The standard InChI is InChI=1S/C96H103F3N4O24/c1-62(105)112-61-78-83(119-63(2)106)84(120-64(3)107)79(102-103-100)91(122-78)127-90-86(116-56-71-38-22-9-23-39-71)81(114-54-69-34-18-7-19-35-69)77(60-110-52-67-30-14-5-15-31-67)124-94(90)125-82-75(50-104)121-92(111-49-48-65-44-46-74(47-45-65)101-95(108)96(97,98)99)89(118-58-73-42-26-11-27-43-73)87(82)126-93-88(117-57-72-40-24-10-25-41-72)85(115-55-70-36-20-8-21-37-70)80(113-53-68-32-16-6-17-33-68)76(123-93)59-109-51-66-28-12-4-13-29-66/h4-47,75-94,104H,48-61H2,1-3H3,(H,101,108)/t75-,76-,77-,78-,79-,80-,81-,82-,83-,84-,85+,86+,87+,88-,89-,90-,91-,92+,93+,94+/m1/s1. The Morgan fingerprint density at radius 3 is 1.09 bits per heavy atom. The van der Waals surface area contributed by atoms with Gasteiger partial charge in [-0.25, -0.2) is 0 Å². The molecule has 127 heavy (non-hydrogen) atoms. The second-order valence-electron chi connectivity index (χ2n) is 30.6. The SMILES string of the molecule is CC(=O)OC[C@H]1O[C@H](O[C@H]2[C@H](O[C@H]3[C@H](O[C@@H]4O[C@H](COCc5ccccc5)[C@@H](OCc5ccccc5)[C@H](OCc5ccccc5)[C@H]4OCc4ccccc4)[C@@H](OCc4ccccc4)[C@@H](OCCc4ccc(NC(=O)C(F)(F)F)cc4)O[C@@H]3CO)O[C@H](COCc3ccccc3)[C@@H](OCc3ccccc3)[C@@H]2OCc2ccccc2)[C@H](N=[N+]=[N-])[C@@H](OC(C)=O)[C@@H]1OC(C)=O. The summed E-state index contributed by atoms with van der Waals surface area (Å²) >= 11 is 0. The third-order valence-electron chi connectivity index (χ3n) is 21.3. The molecule has 20 atom stereocenters. The molecule has 0 saturated carbocycles. The summed E-state index contributed by atoms with van der Waals surface area (Å²) in [6, 6.07) is 78.9. The van der Waals surface area contributed by atoms with Crippen LogP contribution in [-0.2, 0) is 168 Å². The average molecular weight is 1750 g/mol. The van der Waals surface area contributed by atoms with E-state index >= 15 is 0 Å². The van der Waals surface area contributed by atoms with Crippen molar-refractivity contribution >= 4 is 29.5 Å². The number of amides is 1. The first kappa shape index (κ1) is 93.9. The Hall–Kier alpha value is -10.7. The molecule has 0 aromatic heterocycles. The van der Waals surface area contributed by atoms with E-state index in [0.29, 0.717) is 16.7 Å². The van der Waals surface area contributed by atoms with Crippen LogP contribution in [0.15, 0.2) is 272 Å². The Bertz CT molecular complexity index is 4840. The highest BCUT2D eigenvalue weighted by Crippen LogP contribution is 2.42. The van der Waals surface area contributed by atoms with Crippen LogP contribution in [0, 0.1) is 0 Å². The maximum atomic E-state index is 13.5. The highest BCUT2D eigenvalue weighted by Gasteiger charge is 2.60. The van der Waals surface area contributed by atoms with Crippen molar-refractivity contribution in [2.45, 2.75) is 209 Å². The van der Waals surface area contributed by atoms with Crippen molar-refractivity contribution in [1.29, 1.82) is 0 Å². The molecule has 28 nitrogen and oxygen atoms in total. The summed E-state index contributed by atoms with van der Waals surface area (Å²) in [6.07, 6.45) is -33.7. The maximum absolute atomic E-state index is 13.5. The van der Waals surface area contributed by atoms with Crippen molar-refractivity contribution in [3.63, 3.8) is 0 Å². The van der Waals surface area contributed by atoms with Gasteiger partial charge in [-0.05, 0) is 74.2 Å². The molecule has 4 saturated heterocycles. The van der Waals surface area contributed by atoms with Crippen LogP contribution in [-0.4, -0.2) is 191 Å². The Kier molecular flexibility index (Phi) is 35.4. The van der Waals surface area contributed by atoms with Gasteiger partial charge in [-0.1, -0.05) is 260 Å². The summed E-state index contributed by atoms with van der Waals surface area (Å²) in [5.41, 5.74) is 17.1. The minimum absolute atomic E-state index is 0.00737. The van der Waals surface area contributed by atoms with Crippen molar-refractivity contribution < 1.29 is 127 Å². The number of esters is 3. The minimum atomic E-state index is -5.16. The van der Waals surface area contributed by atoms with Gasteiger partial charge in [0.05, 0.1) is 79.3 Å². The van der Waals surface area contributed by atoms with E-state index in [1.807, 2.05) is 248 Å². The molecule has 31 heteroatoms. The number of carbonyl (C=O) groups is 4. The van der Waals surface area contributed by atoms with Crippen LogP contribution in [0.1, 0.15) is 70.8 Å². The molecule has 4 fully saturated rings. The molecule has 13 rings (SSSR count). The second-order valence-corrected chi connectivity index (χ2v) is 30.6. The van der Waals surface area contributed by atoms with Crippen molar-refractivity contribution in [3.05, 3.63) is 327 Å². The zero-order chi connectivity index (χ0) is 88.7. The van der Waals surface area contributed by atoms with Gasteiger partial charge < -0.3 is 100 Å². The molecule has 4 aliphatic rings. The molecule has 0 aliphatic carbocycles. The van der Waals surface area contributed by atoms with E-state index in [1.54, 1.807) is 0 Å². The summed E-state index contributed by atoms with van der Waals surface area (Å²) < 4.78 is 173. The molecule has 672 valence electrons. The number of halogens is 3. The van der Waals surface area contributed by atoms with Crippen molar-refractivity contribution in [2.75, 3.05) is 38.4 Å². The van der Waals surface area contributed by atoms with Crippen molar-refractivity contribution in [2.24, 2.45) is 5.11 Å². The van der Waals surface area contributed by atoms with Gasteiger partial charge in [0.25, 0.3) is 0 Å². The highest BCUT2D eigenvalue weighted by molar-refractivity contribution is 5.94. The van der Waals surface area contributed by atoms with E-state index in [1.165, 1.54) is 24.3 Å². The summed E-state index contributed by atoms with van der Waals surface area (Å²) in [7, 11) is 0. The van der Waals surface area contributed by atoms with Gasteiger partial charge in [0, 0.05) is 31.4 Å². The van der Waals surface area contributed by atoms with Gasteiger partial charge in [0.15, 0.2) is 37.4 Å². The fourth-order valence-corrected chi connectivity index (χ4v) is 15.2. The van der Waals surface area contributed by atoms with Gasteiger partial charge in [-0.2, -0.15) is 13.2 Å². The number of anilines is 1. The number of azide groups is 1. The average Bonchev–Trinajstić information content (AvgIpc) is 0.756. The molecular formula is C96H103F3N4O24. The number of aliphatic hydroxyl groups is 1. The summed E-state index contributed by atoms with van der Waals surface area (Å²) in [4.78, 5) is 54.9. The maximum Gasteiger partial charge on any atom is 0.471 e. The Morgan fingerprint density at radius 1 is 0.362 bits per heavy atom. The largest absolute Gasteiger partial charge is 0.471 e. The van der Waals surface area contributed by atoms with E-state index in [9.17, 15) is 43.0 Å². The van der Waals surface area contributed by atoms with Gasteiger partial charge in [-0.15, -0.1) is 0 Å². The Labute approximate surface area is 733 Å². The van der Waals surface area contributed by atoms with Crippen molar-refractivity contribution in [1.82, 2.24) is 0 Å². The predicted molar refractivity (Wildman–Crippen MR) is 450 cm³/mol. The van der Waals surface area contributed by atoms with Gasteiger partial charge >= 0.3 is 30.0 Å². The number of nitrogens with one attached hydrogen (secondary N) is 1.